The van der Waals surface area contributed by atoms with Crippen molar-refractivity contribution in [3.63, 3.8) is 0 Å². The minimum atomic E-state index is -0.329. The lowest BCUT2D eigenvalue weighted by molar-refractivity contribution is 0.102. The number of benzene rings is 3. The maximum atomic E-state index is 12.6. The van der Waals surface area contributed by atoms with Crippen LogP contribution in [0.1, 0.15) is 15.9 Å². The van der Waals surface area contributed by atoms with Gasteiger partial charge in [0.1, 0.15) is 17.4 Å². The number of hydrogen-bond acceptors (Lipinski definition) is 3. The van der Waals surface area contributed by atoms with E-state index >= 15 is 0 Å². The molecule has 0 aliphatic heterocycles. The standard InChI is InChI=1S/C24H16N2O2/c25-16-20-21(17-10-4-1-5-11-17)22(18-12-6-2-7-13-18)28-24(20)26-23(27)19-14-8-3-9-15-19/h1-15H,(H,26,27). The summed E-state index contributed by atoms with van der Waals surface area (Å²) in [6, 6.07) is 30.1. The van der Waals surface area contributed by atoms with Gasteiger partial charge in [-0.25, -0.2) is 0 Å². The average Bonchev–Trinajstić information content (AvgIpc) is 3.13. The number of rotatable bonds is 4. The second kappa shape index (κ2) is 7.65. The SMILES string of the molecule is N#Cc1c(NC(=O)c2ccccc2)oc(-c2ccccc2)c1-c1ccccc1. The summed E-state index contributed by atoms with van der Waals surface area (Å²) in [5, 5.41) is 12.6. The van der Waals surface area contributed by atoms with E-state index in [9.17, 15) is 10.1 Å². The normalized spacial score (nSPS) is 10.2. The highest BCUT2D eigenvalue weighted by Crippen LogP contribution is 2.41. The third kappa shape index (κ3) is 3.29. The largest absolute Gasteiger partial charge is 0.438 e. The number of carbonyl (C=O) groups is 1. The van der Waals surface area contributed by atoms with E-state index in [0.717, 1.165) is 11.1 Å². The average molecular weight is 364 g/mol. The molecule has 0 saturated carbocycles. The number of furan rings is 1. The first kappa shape index (κ1) is 17.3. The van der Waals surface area contributed by atoms with Crippen molar-refractivity contribution in [1.82, 2.24) is 0 Å². The van der Waals surface area contributed by atoms with E-state index in [4.69, 9.17) is 4.42 Å². The monoisotopic (exact) mass is 364 g/mol. The second-order valence-electron chi connectivity index (χ2n) is 6.17. The number of hydrogen-bond donors (Lipinski definition) is 1. The van der Waals surface area contributed by atoms with Gasteiger partial charge < -0.3 is 4.42 Å². The maximum absolute atomic E-state index is 12.6. The summed E-state index contributed by atoms with van der Waals surface area (Å²) in [6.07, 6.45) is 0. The summed E-state index contributed by atoms with van der Waals surface area (Å²) < 4.78 is 6.01. The van der Waals surface area contributed by atoms with Gasteiger partial charge in [-0.05, 0) is 17.7 Å². The first-order valence-corrected chi connectivity index (χ1v) is 8.82. The summed E-state index contributed by atoms with van der Waals surface area (Å²) in [6.45, 7) is 0. The Hall–Kier alpha value is -4.10. The van der Waals surface area contributed by atoms with Crippen molar-refractivity contribution in [1.29, 1.82) is 5.26 Å². The zero-order chi connectivity index (χ0) is 19.3. The topological polar surface area (TPSA) is 66.0 Å². The number of nitrogens with zero attached hydrogens (tertiary/aromatic N) is 1. The Morgan fingerprint density at radius 2 is 1.32 bits per heavy atom. The molecule has 4 nitrogen and oxygen atoms in total. The highest BCUT2D eigenvalue weighted by atomic mass is 16.4. The molecule has 0 aliphatic rings. The molecule has 0 saturated heterocycles. The number of amides is 1. The van der Waals surface area contributed by atoms with Gasteiger partial charge in [0.05, 0.1) is 0 Å². The van der Waals surface area contributed by atoms with Crippen LogP contribution >= 0.6 is 0 Å². The fourth-order valence-corrected chi connectivity index (χ4v) is 3.06. The Labute approximate surface area is 162 Å². The Bertz CT molecular complexity index is 1140. The minimum absolute atomic E-state index is 0.147. The molecule has 0 bridgehead atoms. The number of carbonyl (C=O) groups excluding carboxylic acids is 1. The summed E-state index contributed by atoms with van der Waals surface area (Å²) in [5.41, 5.74) is 3.14. The highest BCUT2D eigenvalue weighted by molar-refractivity contribution is 6.05. The van der Waals surface area contributed by atoms with Gasteiger partial charge in [-0.2, -0.15) is 5.26 Å². The van der Waals surface area contributed by atoms with E-state index < -0.39 is 0 Å². The fraction of sp³-hybridized carbons (Fsp3) is 0. The third-order valence-electron chi connectivity index (χ3n) is 4.38. The van der Waals surface area contributed by atoms with E-state index in [1.54, 1.807) is 24.3 Å². The van der Waals surface area contributed by atoms with Crippen molar-refractivity contribution in [2.24, 2.45) is 0 Å². The zero-order valence-electron chi connectivity index (χ0n) is 14.9. The molecule has 0 spiro atoms. The zero-order valence-corrected chi connectivity index (χ0v) is 14.9. The van der Waals surface area contributed by atoms with Crippen molar-refractivity contribution in [2.45, 2.75) is 0 Å². The van der Waals surface area contributed by atoms with Crippen LogP contribution in [0, 0.1) is 11.3 Å². The minimum Gasteiger partial charge on any atom is -0.438 e. The van der Waals surface area contributed by atoms with Crippen LogP contribution in [-0.4, -0.2) is 5.91 Å². The summed E-state index contributed by atoms with van der Waals surface area (Å²) in [5.74, 6) is 0.367. The predicted molar refractivity (Wildman–Crippen MR) is 109 cm³/mol. The van der Waals surface area contributed by atoms with Gasteiger partial charge >= 0.3 is 0 Å². The Kier molecular flexibility index (Phi) is 4.73. The van der Waals surface area contributed by atoms with E-state index in [2.05, 4.69) is 11.4 Å². The van der Waals surface area contributed by atoms with Crippen LogP contribution in [0.15, 0.2) is 95.4 Å². The lowest BCUT2D eigenvalue weighted by Crippen LogP contribution is -2.11. The van der Waals surface area contributed by atoms with E-state index in [1.165, 1.54) is 0 Å². The van der Waals surface area contributed by atoms with Crippen LogP contribution in [-0.2, 0) is 0 Å². The molecule has 3 aromatic carbocycles. The number of nitriles is 1. The quantitative estimate of drug-likeness (QED) is 0.502. The lowest BCUT2D eigenvalue weighted by Gasteiger charge is -2.03. The van der Waals surface area contributed by atoms with E-state index in [1.807, 2.05) is 66.7 Å². The van der Waals surface area contributed by atoms with E-state index in [0.29, 0.717) is 22.5 Å². The summed E-state index contributed by atoms with van der Waals surface area (Å²) >= 11 is 0. The Balaban J connectivity index is 1.85. The molecule has 28 heavy (non-hydrogen) atoms. The van der Waals surface area contributed by atoms with Crippen molar-refractivity contribution in [3.05, 3.63) is 102 Å². The third-order valence-corrected chi connectivity index (χ3v) is 4.38. The van der Waals surface area contributed by atoms with Crippen LogP contribution in [0.4, 0.5) is 5.88 Å². The lowest BCUT2D eigenvalue weighted by atomic mass is 9.98. The molecule has 0 atom stereocenters. The molecule has 1 N–H and O–H groups in total. The second-order valence-corrected chi connectivity index (χ2v) is 6.17. The maximum Gasteiger partial charge on any atom is 0.258 e. The molecule has 4 rings (SSSR count). The fourth-order valence-electron chi connectivity index (χ4n) is 3.06. The molecule has 1 heterocycles. The molecular formula is C24H16N2O2. The van der Waals surface area contributed by atoms with Crippen LogP contribution in [0.5, 0.6) is 0 Å². The molecule has 0 unspecified atom stereocenters. The Morgan fingerprint density at radius 3 is 1.89 bits per heavy atom. The van der Waals surface area contributed by atoms with Crippen LogP contribution in [0.2, 0.25) is 0 Å². The van der Waals surface area contributed by atoms with E-state index in [-0.39, 0.29) is 11.8 Å². The van der Waals surface area contributed by atoms with Gasteiger partial charge in [-0.3, -0.25) is 10.1 Å². The van der Waals surface area contributed by atoms with Gasteiger partial charge in [0.15, 0.2) is 0 Å². The first-order valence-electron chi connectivity index (χ1n) is 8.82. The number of nitrogens with one attached hydrogen (secondary N) is 1. The van der Waals surface area contributed by atoms with Crippen molar-refractivity contribution < 1.29 is 9.21 Å². The Morgan fingerprint density at radius 1 is 0.786 bits per heavy atom. The van der Waals surface area contributed by atoms with Gasteiger partial charge in [0, 0.05) is 16.7 Å². The summed E-state index contributed by atoms with van der Waals surface area (Å²) in [4.78, 5) is 12.6. The molecule has 1 amide bonds. The molecule has 4 heteroatoms. The molecule has 4 aromatic rings. The van der Waals surface area contributed by atoms with Crippen LogP contribution < -0.4 is 5.32 Å². The van der Waals surface area contributed by atoms with Crippen molar-refractivity contribution in [3.8, 4) is 28.5 Å². The molecular weight excluding hydrogens is 348 g/mol. The van der Waals surface area contributed by atoms with Crippen LogP contribution in [0.25, 0.3) is 22.5 Å². The van der Waals surface area contributed by atoms with Gasteiger partial charge in [0.2, 0.25) is 5.88 Å². The number of anilines is 1. The van der Waals surface area contributed by atoms with Gasteiger partial charge in [-0.15, -0.1) is 0 Å². The molecule has 0 fully saturated rings. The highest BCUT2D eigenvalue weighted by Gasteiger charge is 2.24. The summed E-state index contributed by atoms with van der Waals surface area (Å²) in [7, 11) is 0. The first-order chi connectivity index (χ1) is 13.8. The molecule has 0 aliphatic carbocycles. The molecule has 134 valence electrons. The van der Waals surface area contributed by atoms with Crippen molar-refractivity contribution in [2.75, 3.05) is 5.32 Å². The molecule has 1 aromatic heterocycles. The van der Waals surface area contributed by atoms with Crippen molar-refractivity contribution >= 4 is 11.8 Å². The van der Waals surface area contributed by atoms with Crippen LogP contribution in [0.3, 0.4) is 0 Å². The molecule has 0 radical (unpaired) electrons. The van der Waals surface area contributed by atoms with Gasteiger partial charge in [-0.1, -0.05) is 78.9 Å². The predicted octanol–water partition coefficient (Wildman–Crippen LogP) is 5.74. The van der Waals surface area contributed by atoms with Gasteiger partial charge in [0.25, 0.3) is 5.91 Å². The smallest absolute Gasteiger partial charge is 0.258 e.